The molecule has 0 aliphatic carbocycles. The number of rotatable bonds is 3. The van der Waals surface area contributed by atoms with Gasteiger partial charge in [0.05, 0.1) is 6.04 Å². The van der Waals surface area contributed by atoms with Crippen molar-refractivity contribution >= 4 is 0 Å². The van der Waals surface area contributed by atoms with Crippen molar-refractivity contribution in [1.29, 1.82) is 0 Å². The fourth-order valence-electron chi connectivity index (χ4n) is 1.19. The van der Waals surface area contributed by atoms with Crippen molar-refractivity contribution in [3.05, 3.63) is 35.9 Å². The van der Waals surface area contributed by atoms with Gasteiger partial charge < -0.3 is 5.73 Å². The van der Waals surface area contributed by atoms with E-state index in [1.165, 1.54) is 6.42 Å². The Kier molecular flexibility index (Phi) is 4.82. The molecule has 1 rings (SSSR count). The third-order valence-electron chi connectivity index (χ3n) is 2.07. The molecular formula is C13H17N. The normalized spacial score (nSPS) is 11.6. The van der Waals surface area contributed by atoms with Crippen molar-refractivity contribution in [3.63, 3.8) is 0 Å². The Morgan fingerprint density at radius 3 is 2.64 bits per heavy atom. The molecule has 0 radical (unpaired) electrons. The summed E-state index contributed by atoms with van der Waals surface area (Å²) in [5.74, 6) is 6.17. The van der Waals surface area contributed by atoms with Gasteiger partial charge >= 0.3 is 0 Å². The van der Waals surface area contributed by atoms with E-state index in [0.29, 0.717) is 0 Å². The molecule has 0 heterocycles. The average molecular weight is 187 g/mol. The first-order valence-electron chi connectivity index (χ1n) is 5.13. The van der Waals surface area contributed by atoms with Gasteiger partial charge in [0.15, 0.2) is 0 Å². The summed E-state index contributed by atoms with van der Waals surface area (Å²) < 4.78 is 0. The zero-order valence-corrected chi connectivity index (χ0v) is 8.66. The van der Waals surface area contributed by atoms with Crippen LogP contribution in [0.1, 0.15) is 37.8 Å². The summed E-state index contributed by atoms with van der Waals surface area (Å²) in [7, 11) is 0. The number of benzene rings is 1. The highest BCUT2D eigenvalue weighted by atomic mass is 14.6. The molecule has 0 spiro atoms. The first kappa shape index (κ1) is 10.8. The number of hydrogen-bond donors (Lipinski definition) is 1. The third kappa shape index (κ3) is 3.64. The topological polar surface area (TPSA) is 26.0 Å². The number of nitrogens with two attached hydrogens (primary N) is 1. The second-order valence-corrected chi connectivity index (χ2v) is 3.31. The monoisotopic (exact) mass is 187 g/mol. The zero-order chi connectivity index (χ0) is 10.2. The molecule has 14 heavy (non-hydrogen) atoms. The first-order chi connectivity index (χ1) is 6.84. The van der Waals surface area contributed by atoms with Crippen LogP contribution in [0.4, 0.5) is 0 Å². The predicted octanol–water partition coefficient (Wildman–Crippen LogP) is 2.88. The van der Waals surface area contributed by atoms with Crippen molar-refractivity contribution in [3.8, 4) is 11.8 Å². The lowest BCUT2D eigenvalue weighted by Crippen LogP contribution is -2.06. The third-order valence-corrected chi connectivity index (χ3v) is 2.07. The van der Waals surface area contributed by atoms with Gasteiger partial charge in [-0.15, -0.1) is 5.92 Å². The molecule has 0 unspecified atom stereocenters. The number of unbranched alkanes of at least 4 members (excludes halogenated alkanes) is 2. The Morgan fingerprint density at radius 1 is 1.29 bits per heavy atom. The molecule has 74 valence electrons. The van der Waals surface area contributed by atoms with Gasteiger partial charge in [0, 0.05) is 6.42 Å². The fraction of sp³-hybridized carbons (Fsp3) is 0.385. The van der Waals surface area contributed by atoms with Crippen LogP contribution >= 0.6 is 0 Å². The van der Waals surface area contributed by atoms with Gasteiger partial charge in [-0.25, -0.2) is 0 Å². The molecule has 0 aliphatic rings. The SMILES string of the molecule is CCCCC#C[C@@H](N)c1ccccc1. The Hall–Kier alpha value is -1.26. The predicted molar refractivity (Wildman–Crippen MR) is 60.7 cm³/mol. The molecular weight excluding hydrogens is 170 g/mol. The molecule has 1 aromatic carbocycles. The Bertz CT molecular complexity index is 305. The van der Waals surface area contributed by atoms with E-state index in [9.17, 15) is 0 Å². The van der Waals surface area contributed by atoms with E-state index in [1.54, 1.807) is 0 Å². The summed E-state index contributed by atoms with van der Waals surface area (Å²) in [6, 6.07) is 9.86. The summed E-state index contributed by atoms with van der Waals surface area (Å²) in [5.41, 5.74) is 7.00. The molecule has 0 saturated carbocycles. The summed E-state index contributed by atoms with van der Waals surface area (Å²) in [4.78, 5) is 0. The Balaban J connectivity index is 2.49. The molecule has 1 aromatic rings. The lowest BCUT2D eigenvalue weighted by atomic mass is 10.1. The molecule has 0 aliphatic heterocycles. The second-order valence-electron chi connectivity index (χ2n) is 3.31. The highest BCUT2D eigenvalue weighted by molar-refractivity contribution is 5.26. The summed E-state index contributed by atoms with van der Waals surface area (Å²) in [6.45, 7) is 2.17. The van der Waals surface area contributed by atoms with E-state index in [4.69, 9.17) is 5.73 Å². The van der Waals surface area contributed by atoms with E-state index < -0.39 is 0 Å². The van der Waals surface area contributed by atoms with Crippen molar-refractivity contribution in [1.82, 2.24) is 0 Å². The van der Waals surface area contributed by atoms with Gasteiger partial charge in [-0.05, 0) is 12.0 Å². The highest BCUT2D eigenvalue weighted by Crippen LogP contribution is 2.07. The van der Waals surface area contributed by atoms with Crippen LogP contribution in [-0.4, -0.2) is 0 Å². The first-order valence-corrected chi connectivity index (χ1v) is 5.13. The van der Waals surface area contributed by atoms with Gasteiger partial charge in [0.1, 0.15) is 0 Å². The maximum atomic E-state index is 5.90. The van der Waals surface area contributed by atoms with E-state index in [-0.39, 0.29) is 6.04 Å². The number of hydrogen-bond acceptors (Lipinski definition) is 1. The van der Waals surface area contributed by atoms with E-state index >= 15 is 0 Å². The van der Waals surface area contributed by atoms with Crippen molar-refractivity contribution < 1.29 is 0 Å². The van der Waals surface area contributed by atoms with Crippen LogP contribution < -0.4 is 5.73 Å². The van der Waals surface area contributed by atoms with E-state index in [1.807, 2.05) is 30.3 Å². The van der Waals surface area contributed by atoms with Gasteiger partial charge in [-0.1, -0.05) is 49.6 Å². The molecule has 0 fully saturated rings. The van der Waals surface area contributed by atoms with Crippen LogP contribution in [0.5, 0.6) is 0 Å². The summed E-state index contributed by atoms with van der Waals surface area (Å²) >= 11 is 0. The molecule has 0 bridgehead atoms. The van der Waals surface area contributed by atoms with Gasteiger partial charge in [-0.3, -0.25) is 0 Å². The average Bonchev–Trinajstić information content (AvgIpc) is 2.25. The zero-order valence-electron chi connectivity index (χ0n) is 8.66. The van der Waals surface area contributed by atoms with Crippen LogP contribution in [0.25, 0.3) is 0 Å². The lowest BCUT2D eigenvalue weighted by molar-refractivity contribution is 0.825. The van der Waals surface area contributed by atoms with Crippen molar-refractivity contribution in [2.24, 2.45) is 5.73 Å². The van der Waals surface area contributed by atoms with Crippen molar-refractivity contribution in [2.45, 2.75) is 32.2 Å². The summed E-state index contributed by atoms with van der Waals surface area (Å²) in [5, 5.41) is 0. The maximum Gasteiger partial charge on any atom is 0.0920 e. The largest absolute Gasteiger partial charge is 0.314 e. The molecule has 1 nitrogen and oxygen atoms in total. The quantitative estimate of drug-likeness (QED) is 0.571. The Morgan fingerprint density at radius 2 is 2.00 bits per heavy atom. The highest BCUT2D eigenvalue weighted by Gasteiger charge is 1.98. The van der Waals surface area contributed by atoms with Gasteiger partial charge in [-0.2, -0.15) is 0 Å². The molecule has 0 amide bonds. The van der Waals surface area contributed by atoms with Crippen LogP contribution in [-0.2, 0) is 0 Å². The molecule has 1 atom stereocenters. The van der Waals surface area contributed by atoms with Crippen LogP contribution in [0.3, 0.4) is 0 Å². The van der Waals surface area contributed by atoms with Crippen LogP contribution in [0.15, 0.2) is 30.3 Å². The Labute approximate surface area is 86.3 Å². The second kappa shape index (κ2) is 6.23. The van der Waals surface area contributed by atoms with E-state index in [0.717, 1.165) is 18.4 Å². The van der Waals surface area contributed by atoms with E-state index in [2.05, 4.69) is 18.8 Å². The lowest BCUT2D eigenvalue weighted by Gasteiger charge is -2.02. The molecule has 0 aromatic heterocycles. The minimum absolute atomic E-state index is 0.131. The maximum absolute atomic E-state index is 5.90. The standard InChI is InChI=1S/C13H17N/c1-2-3-4-8-11-13(14)12-9-6-5-7-10-12/h5-7,9-10,13H,2-4,14H2,1H3/t13-/m1/s1. The van der Waals surface area contributed by atoms with Crippen LogP contribution in [0.2, 0.25) is 0 Å². The molecule has 2 N–H and O–H groups in total. The minimum Gasteiger partial charge on any atom is -0.314 e. The van der Waals surface area contributed by atoms with Crippen LogP contribution in [0, 0.1) is 11.8 Å². The smallest absolute Gasteiger partial charge is 0.0920 e. The molecule has 0 saturated heterocycles. The minimum atomic E-state index is -0.131. The van der Waals surface area contributed by atoms with Gasteiger partial charge in [0.2, 0.25) is 0 Å². The summed E-state index contributed by atoms with van der Waals surface area (Å²) in [6.07, 6.45) is 3.31. The van der Waals surface area contributed by atoms with Crippen molar-refractivity contribution in [2.75, 3.05) is 0 Å². The van der Waals surface area contributed by atoms with Gasteiger partial charge in [0.25, 0.3) is 0 Å². The molecule has 1 heteroatoms. The fourth-order valence-corrected chi connectivity index (χ4v) is 1.19.